The zero-order chi connectivity index (χ0) is 11.5. The molecule has 0 spiro atoms. The summed E-state index contributed by atoms with van der Waals surface area (Å²) in [4.78, 5) is 21.9. The van der Waals surface area contributed by atoms with Gasteiger partial charge < -0.3 is 15.8 Å². The van der Waals surface area contributed by atoms with Gasteiger partial charge in [0.1, 0.15) is 0 Å². The summed E-state index contributed by atoms with van der Waals surface area (Å²) in [6.07, 6.45) is 3.17. The number of hydrogen-bond acceptors (Lipinski definition) is 4. The fourth-order valence-corrected chi connectivity index (χ4v) is 1.08. The fraction of sp³-hybridized carbons (Fsp3) is 0.800. The molecule has 5 nitrogen and oxygen atoms in total. The lowest BCUT2D eigenvalue weighted by atomic mass is 10.2. The molecule has 0 bridgehead atoms. The van der Waals surface area contributed by atoms with Crippen LogP contribution in [0.1, 0.15) is 32.1 Å². The summed E-state index contributed by atoms with van der Waals surface area (Å²) in [6, 6.07) is 0. The average molecular weight is 216 g/mol. The van der Waals surface area contributed by atoms with Crippen LogP contribution in [-0.4, -0.2) is 32.1 Å². The topological polar surface area (TPSA) is 81.4 Å². The van der Waals surface area contributed by atoms with Crippen LogP contribution in [0.4, 0.5) is 0 Å². The third-order valence-electron chi connectivity index (χ3n) is 1.97. The number of carbonyl (C=O) groups is 2. The summed E-state index contributed by atoms with van der Waals surface area (Å²) < 4.78 is 4.47. The summed E-state index contributed by atoms with van der Waals surface area (Å²) >= 11 is 0. The average Bonchev–Trinajstić information content (AvgIpc) is 2.24. The van der Waals surface area contributed by atoms with Gasteiger partial charge in [-0.2, -0.15) is 0 Å². The summed E-state index contributed by atoms with van der Waals surface area (Å²) in [7, 11) is 1.35. The van der Waals surface area contributed by atoms with Crippen molar-refractivity contribution in [3.05, 3.63) is 0 Å². The van der Waals surface area contributed by atoms with E-state index in [1.807, 2.05) is 0 Å². The lowest BCUT2D eigenvalue weighted by molar-refractivity contribution is -0.140. The van der Waals surface area contributed by atoms with Gasteiger partial charge in [0.25, 0.3) is 0 Å². The minimum absolute atomic E-state index is 0.0216. The van der Waals surface area contributed by atoms with Crippen LogP contribution in [-0.2, 0) is 14.3 Å². The van der Waals surface area contributed by atoms with Crippen LogP contribution in [0, 0.1) is 0 Å². The first kappa shape index (κ1) is 13.9. The van der Waals surface area contributed by atoms with Crippen molar-refractivity contribution in [1.29, 1.82) is 0 Å². The molecule has 0 saturated heterocycles. The molecule has 0 aromatic rings. The van der Waals surface area contributed by atoms with Gasteiger partial charge in [-0.3, -0.25) is 9.59 Å². The van der Waals surface area contributed by atoms with Crippen molar-refractivity contribution in [2.75, 3.05) is 20.2 Å². The number of amides is 1. The van der Waals surface area contributed by atoms with Crippen molar-refractivity contribution in [2.45, 2.75) is 32.1 Å². The quantitative estimate of drug-likeness (QED) is 0.448. The summed E-state index contributed by atoms with van der Waals surface area (Å²) in [5, 5.41) is 2.73. The smallest absolute Gasteiger partial charge is 0.305 e. The Bertz CT molecular complexity index is 195. The SMILES string of the molecule is COC(=O)CCCNC(=O)CCCCN. The van der Waals surface area contributed by atoms with Crippen LogP contribution in [0.25, 0.3) is 0 Å². The number of unbranched alkanes of at least 4 members (excludes halogenated alkanes) is 1. The predicted molar refractivity (Wildman–Crippen MR) is 57.2 cm³/mol. The second-order valence-corrected chi connectivity index (χ2v) is 3.28. The van der Waals surface area contributed by atoms with Crippen LogP contribution in [0.2, 0.25) is 0 Å². The van der Waals surface area contributed by atoms with Crippen molar-refractivity contribution >= 4 is 11.9 Å². The lowest BCUT2D eigenvalue weighted by Crippen LogP contribution is -2.24. The number of nitrogens with two attached hydrogens (primary N) is 1. The Kier molecular flexibility index (Phi) is 8.76. The number of carbonyl (C=O) groups excluding carboxylic acids is 2. The molecule has 0 rings (SSSR count). The van der Waals surface area contributed by atoms with Crippen LogP contribution in [0.15, 0.2) is 0 Å². The molecule has 5 heteroatoms. The molecule has 0 aliphatic carbocycles. The highest BCUT2D eigenvalue weighted by atomic mass is 16.5. The Morgan fingerprint density at radius 1 is 1.20 bits per heavy atom. The lowest BCUT2D eigenvalue weighted by Gasteiger charge is -2.04. The monoisotopic (exact) mass is 216 g/mol. The molecular weight excluding hydrogens is 196 g/mol. The van der Waals surface area contributed by atoms with Crippen LogP contribution < -0.4 is 11.1 Å². The number of ether oxygens (including phenoxy) is 1. The minimum Gasteiger partial charge on any atom is -0.469 e. The van der Waals surface area contributed by atoms with E-state index in [1.165, 1.54) is 7.11 Å². The van der Waals surface area contributed by atoms with Crippen molar-refractivity contribution in [3.8, 4) is 0 Å². The highest BCUT2D eigenvalue weighted by molar-refractivity contribution is 5.75. The van der Waals surface area contributed by atoms with E-state index in [-0.39, 0.29) is 11.9 Å². The number of esters is 1. The third-order valence-corrected chi connectivity index (χ3v) is 1.97. The summed E-state index contributed by atoms with van der Waals surface area (Å²) in [5.41, 5.74) is 5.30. The molecule has 1 amide bonds. The first-order chi connectivity index (χ1) is 7.20. The Morgan fingerprint density at radius 3 is 2.53 bits per heavy atom. The molecule has 0 radical (unpaired) electrons. The molecule has 0 heterocycles. The highest BCUT2D eigenvalue weighted by Crippen LogP contribution is 1.94. The second-order valence-electron chi connectivity index (χ2n) is 3.28. The van der Waals surface area contributed by atoms with Gasteiger partial charge in [-0.25, -0.2) is 0 Å². The molecule has 0 fully saturated rings. The first-order valence-corrected chi connectivity index (χ1v) is 5.24. The fourth-order valence-electron chi connectivity index (χ4n) is 1.08. The van der Waals surface area contributed by atoms with Crippen molar-refractivity contribution in [3.63, 3.8) is 0 Å². The van der Waals surface area contributed by atoms with E-state index in [0.29, 0.717) is 32.4 Å². The molecule has 15 heavy (non-hydrogen) atoms. The molecule has 88 valence electrons. The Labute approximate surface area is 90.4 Å². The zero-order valence-electron chi connectivity index (χ0n) is 9.25. The minimum atomic E-state index is -0.243. The van der Waals surface area contributed by atoms with Crippen LogP contribution >= 0.6 is 0 Å². The maximum atomic E-state index is 11.2. The number of methoxy groups -OCH3 is 1. The van der Waals surface area contributed by atoms with Gasteiger partial charge in [0.05, 0.1) is 7.11 Å². The van der Waals surface area contributed by atoms with Gasteiger partial charge in [-0.1, -0.05) is 0 Å². The van der Waals surface area contributed by atoms with Crippen LogP contribution in [0.5, 0.6) is 0 Å². The molecular formula is C10H20N2O3. The molecule has 0 aromatic heterocycles. The largest absolute Gasteiger partial charge is 0.469 e. The zero-order valence-corrected chi connectivity index (χ0v) is 9.25. The third kappa shape index (κ3) is 9.21. The normalized spacial score (nSPS) is 9.73. The maximum Gasteiger partial charge on any atom is 0.305 e. The van der Waals surface area contributed by atoms with E-state index in [1.54, 1.807) is 0 Å². The molecule has 0 aliphatic heterocycles. The van der Waals surface area contributed by atoms with Crippen molar-refractivity contribution in [2.24, 2.45) is 5.73 Å². The number of nitrogens with one attached hydrogen (secondary N) is 1. The standard InChI is InChI=1S/C10H20N2O3/c1-15-10(14)6-4-8-12-9(13)5-2-3-7-11/h2-8,11H2,1H3,(H,12,13). The van der Waals surface area contributed by atoms with E-state index >= 15 is 0 Å². The highest BCUT2D eigenvalue weighted by Gasteiger charge is 2.02. The van der Waals surface area contributed by atoms with Crippen LogP contribution in [0.3, 0.4) is 0 Å². The van der Waals surface area contributed by atoms with E-state index in [2.05, 4.69) is 10.1 Å². The molecule has 0 atom stereocenters. The Balaban J connectivity index is 3.27. The van der Waals surface area contributed by atoms with Crippen molar-refractivity contribution < 1.29 is 14.3 Å². The van der Waals surface area contributed by atoms with Gasteiger partial charge in [0, 0.05) is 19.4 Å². The molecule has 0 aromatic carbocycles. The Morgan fingerprint density at radius 2 is 1.93 bits per heavy atom. The maximum absolute atomic E-state index is 11.2. The van der Waals surface area contributed by atoms with Crippen molar-refractivity contribution in [1.82, 2.24) is 5.32 Å². The first-order valence-electron chi connectivity index (χ1n) is 5.24. The van der Waals surface area contributed by atoms with E-state index in [4.69, 9.17) is 5.73 Å². The van der Waals surface area contributed by atoms with E-state index in [0.717, 1.165) is 12.8 Å². The molecule has 3 N–H and O–H groups in total. The number of rotatable bonds is 8. The summed E-state index contributed by atoms with van der Waals surface area (Å²) in [5.74, 6) is -0.222. The Hall–Kier alpha value is -1.10. The predicted octanol–water partition coefficient (Wildman–Crippen LogP) is 0.185. The van der Waals surface area contributed by atoms with E-state index < -0.39 is 0 Å². The van der Waals surface area contributed by atoms with Gasteiger partial charge in [-0.05, 0) is 25.8 Å². The van der Waals surface area contributed by atoms with E-state index in [9.17, 15) is 9.59 Å². The van der Waals surface area contributed by atoms with Gasteiger partial charge in [0.15, 0.2) is 0 Å². The number of hydrogen-bond donors (Lipinski definition) is 2. The molecule has 0 saturated carbocycles. The molecule has 0 unspecified atom stereocenters. The van der Waals surface area contributed by atoms with Gasteiger partial charge in [-0.15, -0.1) is 0 Å². The summed E-state index contributed by atoms with van der Waals surface area (Å²) in [6.45, 7) is 1.15. The molecule has 0 aliphatic rings. The second kappa shape index (κ2) is 9.45. The van der Waals surface area contributed by atoms with Gasteiger partial charge >= 0.3 is 5.97 Å². The van der Waals surface area contributed by atoms with Gasteiger partial charge in [0.2, 0.25) is 5.91 Å².